The normalized spacial score (nSPS) is 31.1. The van der Waals surface area contributed by atoms with Crippen molar-refractivity contribution in [2.45, 2.75) is 31.7 Å². The third kappa shape index (κ3) is 2.97. The third-order valence-electron chi connectivity index (χ3n) is 4.68. The third-order valence-corrected chi connectivity index (χ3v) is 4.68. The summed E-state index contributed by atoms with van der Waals surface area (Å²) in [6, 6.07) is 2.42. The maximum atomic E-state index is 12.2. The molecule has 6 N–H and O–H groups in total. The first kappa shape index (κ1) is 19.3. The number of carbonyl (C=O) groups is 2. The van der Waals surface area contributed by atoms with Gasteiger partial charge in [-0.1, -0.05) is 0 Å². The van der Waals surface area contributed by atoms with Crippen molar-refractivity contribution in [1.82, 2.24) is 0 Å². The maximum absolute atomic E-state index is 12.2. The molecule has 0 unspecified atom stereocenters. The van der Waals surface area contributed by atoms with Crippen LogP contribution in [0.5, 0.6) is 11.5 Å². The van der Waals surface area contributed by atoms with E-state index in [1.807, 2.05) is 0 Å². The van der Waals surface area contributed by atoms with E-state index >= 15 is 0 Å². The zero-order chi connectivity index (χ0) is 20.0. The van der Waals surface area contributed by atoms with Gasteiger partial charge in [0.2, 0.25) is 17.9 Å². The van der Waals surface area contributed by atoms with Crippen molar-refractivity contribution in [3.8, 4) is 11.5 Å². The Balaban J connectivity index is 1.98. The predicted molar refractivity (Wildman–Crippen MR) is 86.8 cm³/mol. The lowest BCUT2D eigenvalue weighted by Gasteiger charge is -2.39. The van der Waals surface area contributed by atoms with Crippen LogP contribution in [0.15, 0.2) is 17.7 Å². The number of fused-ring (bicyclic) bond motifs is 1. The lowest BCUT2D eigenvalue weighted by Crippen LogP contribution is -2.57. The van der Waals surface area contributed by atoms with E-state index in [4.69, 9.17) is 9.47 Å². The van der Waals surface area contributed by atoms with Crippen LogP contribution in [0.25, 0.3) is 5.76 Å². The van der Waals surface area contributed by atoms with E-state index in [9.17, 15) is 40.2 Å². The number of allylic oxidation sites excluding steroid dienone is 1. The zero-order valence-corrected chi connectivity index (χ0v) is 14.1. The van der Waals surface area contributed by atoms with Crippen LogP contribution in [0, 0.1) is 5.92 Å². The van der Waals surface area contributed by atoms with Crippen LogP contribution in [0.3, 0.4) is 0 Å². The zero-order valence-electron chi connectivity index (χ0n) is 14.1. The van der Waals surface area contributed by atoms with E-state index in [0.717, 1.165) is 0 Å². The van der Waals surface area contributed by atoms with Crippen molar-refractivity contribution in [1.29, 1.82) is 0 Å². The van der Waals surface area contributed by atoms with Gasteiger partial charge in [-0.05, 0) is 19.1 Å². The van der Waals surface area contributed by atoms with Crippen molar-refractivity contribution >= 4 is 17.3 Å². The summed E-state index contributed by atoms with van der Waals surface area (Å²) in [6.07, 6.45) is -6.55. The molecule has 146 valence electrons. The van der Waals surface area contributed by atoms with E-state index in [1.165, 1.54) is 19.1 Å². The molecule has 10 heteroatoms. The second-order valence-electron chi connectivity index (χ2n) is 6.31. The Morgan fingerprint density at radius 2 is 1.74 bits per heavy atom. The van der Waals surface area contributed by atoms with Gasteiger partial charge in [-0.25, -0.2) is 0 Å². The van der Waals surface area contributed by atoms with E-state index in [-0.39, 0.29) is 16.9 Å². The number of hydrogen-bond acceptors (Lipinski definition) is 10. The number of Topliss-reactive ketones (excluding diaryl/α,β-unsaturated/α-hetero) is 2. The minimum absolute atomic E-state index is 0.0549. The van der Waals surface area contributed by atoms with Crippen LogP contribution < -0.4 is 4.74 Å². The number of benzene rings is 1. The summed E-state index contributed by atoms with van der Waals surface area (Å²) < 4.78 is 10.4. The molecule has 5 atom stereocenters. The molecule has 27 heavy (non-hydrogen) atoms. The summed E-state index contributed by atoms with van der Waals surface area (Å²) in [6.45, 7) is 0.594. The Morgan fingerprint density at radius 1 is 1.07 bits per heavy atom. The number of ether oxygens (including phenoxy) is 2. The van der Waals surface area contributed by atoms with E-state index < -0.39 is 66.0 Å². The molecule has 1 saturated heterocycles. The van der Waals surface area contributed by atoms with Crippen molar-refractivity contribution < 1.29 is 49.7 Å². The van der Waals surface area contributed by atoms with Crippen molar-refractivity contribution in [3.63, 3.8) is 0 Å². The van der Waals surface area contributed by atoms with Gasteiger partial charge in [-0.3, -0.25) is 9.59 Å². The predicted octanol–water partition coefficient (Wildman–Crippen LogP) is -1.17. The molecule has 1 aliphatic carbocycles. The standard InChI is InChI=1S/C17H18O10/c1-5-10(19)6-2-3-8(13(22)9(6)14(23)11(5)20)26-17-7(4-18)12(21)15(24)16(25)27-17/h2-3,7,12,15-19,21-22,24-25H,4H2,1H3/t7-,12-,15+,16+,17+/m1/s1. The topological polar surface area (TPSA) is 174 Å². The number of carbonyl (C=O) groups excluding carboxylic acids is 2. The Bertz CT molecular complexity index is 829. The molecular formula is C17H18O10. The summed E-state index contributed by atoms with van der Waals surface area (Å²) in [5.41, 5.74) is -0.671. The summed E-state index contributed by atoms with van der Waals surface area (Å²) in [5, 5.41) is 59.0. The first-order chi connectivity index (χ1) is 12.7. The maximum Gasteiger partial charge on any atom is 0.237 e. The fourth-order valence-electron chi connectivity index (χ4n) is 3.02. The van der Waals surface area contributed by atoms with E-state index in [2.05, 4.69) is 0 Å². The van der Waals surface area contributed by atoms with Gasteiger partial charge in [-0.15, -0.1) is 0 Å². The van der Waals surface area contributed by atoms with E-state index in [0.29, 0.717) is 0 Å². The molecule has 1 aromatic rings. The second-order valence-corrected chi connectivity index (χ2v) is 6.31. The molecular weight excluding hydrogens is 364 g/mol. The molecule has 0 bridgehead atoms. The van der Waals surface area contributed by atoms with Crippen LogP contribution in [0.4, 0.5) is 0 Å². The largest absolute Gasteiger partial charge is 0.507 e. The molecule has 0 amide bonds. The van der Waals surface area contributed by atoms with Crippen molar-refractivity contribution in [3.05, 3.63) is 28.8 Å². The van der Waals surface area contributed by atoms with Gasteiger partial charge in [-0.2, -0.15) is 0 Å². The fourth-order valence-corrected chi connectivity index (χ4v) is 3.02. The monoisotopic (exact) mass is 382 g/mol. The first-order valence-corrected chi connectivity index (χ1v) is 8.01. The van der Waals surface area contributed by atoms with Crippen LogP contribution >= 0.6 is 0 Å². The molecule has 3 rings (SSSR count). The molecule has 1 aliphatic heterocycles. The summed E-state index contributed by atoms with van der Waals surface area (Å²) in [4.78, 5) is 24.1. The smallest absolute Gasteiger partial charge is 0.237 e. The highest BCUT2D eigenvalue weighted by molar-refractivity contribution is 6.52. The first-order valence-electron chi connectivity index (χ1n) is 8.01. The van der Waals surface area contributed by atoms with Gasteiger partial charge in [0.15, 0.2) is 17.8 Å². The number of aromatic hydroxyl groups is 1. The molecule has 1 heterocycles. The number of hydrogen-bond donors (Lipinski definition) is 6. The van der Waals surface area contributed by atoms with Gasteiger partial charge in [0.25, 0.3) is 0 Å². The Labute approximate surface area is 152 Å². The quantitative estimate of drug-likeness (QED) is 0.350. The molecule has 0 radical (unpaired) electrons. The number of ketones is 2. The molecule has 1 aromatic carbocycles. The molecule has 10 nitrogen and oxygen atoms in total. The van der Waals surface area contributed by atoms with E-state index in [1.54, 1.807) is 0 Å². The lowest BCUT2D eigenvalue weighted by atomic mass is 9.88. The van der Waals surface area contributed by atoms with Gasteiger partial charge in [0.1, 0.15) is 11.9 Å². The summed E-state index contributed by atoms with van der Waals surface area (Å²) in [7, 11) is 0. The SMILES string of the molecule is CC1=C(O)c2ccc(O[C@H]3O[C@H](O)[C@@H](O)[C@H](O)[C@H]3CO)c(O)c2C(=O)C1=O. The number of phenolic OH excluding ortho intramolecular Hbond substituents is 1. The molecule has 0 aromatic heterocycles. The highest BCUT2D eigenvalue weighted by Crippen LogP contribution is 2.40. The average Bonchev–Trinajstić information content (AvgIpc) is 2.64. The van der Waals surface area contributed by atoms with Crippen LogP contribution in [-0.2, 0) is 9.53 Å². The summed E-state index contributed by atoms with van der Waals surface area (Å²) >= 11 is 0. The van der Waals surface area contributed by atoms with Gasteiger partial charge < -0.3 is 40.1 Å². The highest BCUT2D eigenvalue weighted by Gasteiger charge is 2.45. The van der Waals surface area contributed by atoms with Gasteiger partial charge in [0, 0.05) is 11.1 Å². The second kappa shape index (κ2) is 6.91. The number of aliphatic hydroxyl groups excluding tert-OH is 5. The Morgan fingerprint density at radius 3 is 2.37 bits per heavy atom. The van der Waals surface area contributed by atoms with Crippen LogP contribution in [0.1, 0.15) is 22.8 Å². The number of rotatable bonds is 3. The lowest BCUT2D eigenvalue weighted by molar-refractivity contribution is -0.313. The average molecular weight is 382 g/mol. The number of phenols is 1. The molecule has 0 spiro atoms. The minimum Gasteiger partial charge on any atom is -0.507 e. The Kier molecular flexibility index (Phi) is 4.93. The molecule has 1 fully saturated rings. The minimum atomic E-state index is -1.81. The van der Waals surface area contributed by atoms with Gasteiger partial charge >= 0.3 is 0 Å². The van der Waals surface area contributed by atoms with Crippen molar-refractivity contribution in [2.75, 3.05) is 6.61 Å². The highest BCUT2D eigenvalue weighted by atomic mass is 16.7. The fraction of sp³-hybridized carbons (Fsp3) is 0.412. The van der Waals surface area contributed by atoms with Crippen LogP contribution in [-0.4, -0.2) is 73.6 Å². The van der Waals surface area contributed by atoms with Crippen LogP contribution in [0.2, 0.25) is 0 Å². The number of aliphatic hydroxyl groups is 5. The molecule has 2 aliphatic rings. The van der Waals surface area contributed by atoms with Crippen molar-refractivity contribution in [2.24, 2.45) is 5.92 Å². The molecule has 0 saturated carbocycles. The van der Waals surface area contributed by atoms with Gasteiger partial charge in [0.05, 0.1) is 24.2 Å². The Hall–Kier alpha value is -2.50. The summed E-state index contributed by atoms with van der Waals surface area (Å²) in [5.74, 6) is -4.74.